The van der Waals surface area contributed by atoms with E-state index in [1.807, 2.05) is 25.1 Å². The van der Waals surface area contributed by atoms with Crippen LogP contribution in [0, 0.1) is 17.3 Å². The number of hydrogen-bond acceptors (Lipinski definition) is 3. The van der Waals surface area contributed by atoms with Gasteiger partial charge in [-0.2, -0.15) is 0 Å². The van der Waals surface area contributed by atoms with Gasteiger partial charge in [0.05, 0.1) is 19.8 Å². The number of ether oxygens (including phenoxy) is 1. The normalized spacial score (nSPS) is 21.9. The van der Waals surface area contributed by atoms with Gasteiger partial charge in [-0.05, 0) is 84.7 Å². The van der Waals surface area contributed by atoms with E-state index < -0.39 is 8.32 Å². The molecule has 1 aliphatic rings. The van der Waals surface area contributed by atoms with Crippen molar-refractivity contribution in [2.45, 2.75) is 98.9 Å². The number of rotatable bonds is 13. The first-order valence-corrected chi connectivity index (χ1v) is 16.5. The highest BCUT2D eigenvalue weighted by Gasteiger charge is 2.43. The second-order valence-corrected chi connectivity index (χ2v) is 17.4. The van der Waals surface area contributed by atoms with Gasteiger partial charge in [0.1, 0.15) is 0 Å². The Morgan fingerprint density at radius 1 is 1.17 bits per heavy atom. The quantitative estimate of drug-likeness (QED) is 0.219. The molecule has 1 aliphatic carbocycles. The van der Waals surface area contributed by atoms with E-state index in [2.05, 4.69) is 72.8 Å². The van der Waals surface area contributed by atoms with Crippen LogP contribution in [0.2, 0.25) is 18.1 Å². The summed E-state index contributed by atoms with van der Waals surface area (Å²) in [5.41, 5.74) is 5.19. The van der Waals surface area contributed by atoms with Gasteiger partial charge < -0.3 is 14.3 Å². The maximum absolute atomic E-state index is 9.85. The van der Waals surface area contributed by atoms with Crippen LogP contribution in [0.4, 0.5) is 0 Å². The third-order valence-corrected chi connectivity index (χ3v) is 13.3. The summed E-state index contributed by atoms with van der Waals surface area (Å²) in [5, 5.41) is 10.1. The standard InChI is InChI=1S/C31H52O3Si/c1-24(2)29-18-17-28(31(29,7)19-20-34-35(8,9)30(4,5)6)16-15-27(25(3)21-32)23-33-22-26-13-11-10-12-14-26/h10-14,17,24,29,32H,15-16,18-23H2,1-9H3/b27-25-/t29-,31+/m1/s1. The summed E-state index contributed by atoms with van der Waals surface area (Å²) in [6, 6.07) is 10.3. The largest absolute Gasteiger partial charge is 0.417 e. The number of aliphatic hydroxyl groups excluding tert-OH is 1. The van der Waals surface area contributed by atoms with E-state index in [1.165, 1.54) is 11.1 Å². The minimum atomic E-state index is -1.75. The van der Waals surface area contributed by atoms with Crippen molar-refractivity contribution in [1.82, 2.24) is 0 Å². The van der Waals surface area contributed by atoms with E-state index >= 15 is 0 Å². The molecular formula is C31H52O3Si. The third-order valence-electron chi connectivity index (χ3n) is 8.79. The molecule has 198 valence electrons. The van der Waals surface area contributed by atoms with Crippen LogP contribution in [-0.4, -0.2) is 33.2 Å². The van der Waals surface area contributed by atoms with Crippen LogP contribution in [-0.2, 0) is 15.8 Å². The Balaban J connectivity index is 2.05. The lowest BCUT2D eigenvalue weighted by Gasteiger charge is -2.41. The molecule has 1 aromatic rings. The smallest absolute Gasteiger partial charge is 0.191 e. The summed E-state index contributed by atoms with van der Waals surface area (Å²) < 4.78 is 12.7. The van der Waals surface area contributed by atoms with Crippen molar-refractivity contribution in [1.29, 1.82) is 0 Å². The van der Waals surface area contributed by atoms with E-state index in [0.717, 1.165) is 37.9 Å². The monoisotopic (exact) mass is 500 g/mol. The van der Waals surface area contributed by atoms with Crippen LogP contribution < -0.4 is 0 Å². The van der Waals surface area contributed by atoms with Gasteiger partial charge in [0.15, 0.2) is 8.32 Å². The molecule has 0 aliphatic heterocycles. The Labute approximate surface area is 217 Å². The average Bonchev–Trinajstić information content (AvgIpc) is 3.11. The number of hydrogen-bond donors (Lipinski definition) is 1. The predicted molar refractivity (Wildman–Crippen MR) is 152 cm³/mol. The zero-order valence-electron chi connectivity index (χ0n) is 24.0. The van der Waals surface area contributed by atoms with Crippen LogP contribution in [0.25, 0.3) is 0 Å². The molecular weight excluding hydrogens is 448 g/mol. The molecule has 0 unspecified atom stereocenters. The second kappa shape index (κ2) is 12.9. The lowest BCUT2D eigenvalue weighted by Crippen LogP contribution is -2.42. The van der Waals surface area contributed by atoms with Crippen molar-refractivity contribution in [3.8, 4) is 0 Å². The zero-order valence-corrected chi connectivity index (χ0v) is 25.0. The zero-order chi connectivity index (χ0) is 26.3. The molecule has 1 aromatic carbocycles. The first-order valence-electron chi connectivity index (χ1n) is 13.6. The van der Waals surface area contributed by atoms with Gasteiger partial charge in [0, 0.05) is 6.61 Å². The third kappa shape index (κ3) is 8.15. The van der Waals surface area contributed by atoms with Crippen molar-refractivity contribution >= 4 is 8.32 Å². The van der Waals surface area contributed by atoms with Gasteiger partial charge in [-0.1, -0.05) is 83.5 Å². The first kappa shape index (κ1) is 30.0. The lowest BCUT2D eigenvalue weighted by molar-refractivity contribution is 0.135. The summed E-state index contributed by atoms with van der Waals surface area (Å²) in [5.74, 6) is 1.30. The van der Waals surface area contributed by atoms with E-state index in [1.54, 1.807) is 5.57 Å². The Morgan fingerprint density at radius 2 is 1.83 bits per heavy atom. The first-order chi connectivity index (χ1) is 16.3. The second-order valence-electron chi connectivity index (χ2n) is 12.6. The maximum atomic E-state index is 9.85. The lowest BCUT2D eigenvalue weighted by atomic mass is 9.67. The Bertz CT molecular complexity index is 848. The van der Waals surface area contributed by atoms with Gasteiger partial charge in [-0.15, -0.1) is 0 Å². The van der Waals surface area contributed by atoms with Crippen LogP contribution in [0.1, 0.15) is 79.7 Å². The molecule has 2 atom stereocenters. The van der Waals surface area contributed by atoms with Crippen molar-refractivity contribution in [3.63, 3.8) is 0 Å². The molecule has 0 amide bonds. The van der Waals surface area contributed by atoms with Crippen molar-refractivity contribution in [2.75, 3.05) is 19.8 Å². The molecule has 35 heavy (non-hydrogen) atoms. The van der Waals surface area contributed by atoms with Crippen LogP contribution in [0.15, 0.2) is 53.1 Å². The fourth-order valence-electron chi connectivity index (χ4n) is 5.15. The highest BCUT2D eigenvalue weighted by molar-refractivity contribution is 6.74. The fourth-order valence-corrected chi connectivity index (χ4v) is 6.19. The molecule has 0 radical (unpaired) electrons. The minimum absolute atomic E-state index is 0.0926. The number of aliphatic hydroxyl groups is 1. The van der Waals surface area contributed by atoms with Gasteiger partial charge in [0.25, 0.3) is 0 Å². The Morgan fingerprint density at radius 3 is 2.40 bits per heavy atom. The van der Waals surface area contributed by atoms with Gasteiger partial charge in [-0.25, -0.2) is 0 Å². The molecule has 0 heterocycles. The van der Waals surface area contributed by atoms with E-state index in [0.29, 0.717) is 25.0 Å². The summed E-state index contributed by atoms with van der Waals surface area (Å²) in [6.45, 7) is 23.0. The number of allylic oxidation sites excluding steroid dienone is 2. The van der Waals surface area contributed by atoms with Gasteiger partial charge >= 0.3 is 0 Å². The van der Waals surface area contributed by atoms with Crippen molar-refractivity contribution in [2.24, 2.45) is 17.3 Å². The SMILES string of the molecule is C/C(CO)=C(\CCC1=CC[C@H](C(C)C)[C@@]1(C)CCO[Si](C)(C)C(C)(C)C)COCc1ccccc1. The Kier molecular flexibility index (Phi) is 11.0. The van der Waals surface area contributed by atoms with Gasteiger partial charge in [0.2, 0.25) is 0 Å². The molecule has 4 heteroatoms. The van der Waals surface area contributed by atoms with Crippen molar-refractivity contribution < 1.29 is 14.3 Å². The van der Waals surface area contributed by atoms with E-state index in [-0.39, 0.29) is 17.1 Å². The average molecular weight is 501 g/mol. The Hall–Kier alpha value is -1.20. The number of benzene rings is 1. The highest BCUT2D eigenvalue weighted by atomic mass is 28.4. The molecule has 2 rings (SSSR count). The van der Waals surface area contributed by atoms with Crippen molar-refractivity contribution in [3.05, 3.63) is 58.7 Å². The maximum Gasteiger partial charge on any atom is 0.191 e. The molecule has 0 fully saturated rings. The molecule has 0 aromatic heterocycles. The summed E-state index contributed by atoms with van der Waals surface area (Å²) in [7, 11) is -1.75. The minimum Gasteiger partial charge on any atom is -0.417 e. The summed E-state index contributed by atoms with van der Waals surface area (Å²) in [6.07, 6.45) is 6.72. The molecule has 0 bridgehead atoms. The highest BCUT2D eigenvalue weighted by Crippen LogP contribution is 2.51. The molecule has 3 nitrogen and oxygen atoms in total. The van der Waals surface area contributed by atoms with Crippen LogP contribution >= 0.6 is 0 Å². The fraction of sp³-hybridized carbons (Fsp3) is 0.677. The van der Waals surface area contributed by atoms with Gasteiger partial charge in [-0.3, -0.25) is 0 Å². The molecule has 0 saturated carbocycles. The van der Waals surface area contributed by atoms with E-state index in [4.69, 9.17) is 9.16 Å². The van der Waals surface area contributed by atoms with Crippen LogP contribution in [0.5, 0.6) is 0 Å². The molecule has 1 N–H and O–H groups in total. The molecule has 0 spiro atoms. The van der Waals surface area contributed by atoms with E-state index in [9.17, 15) is 5.11 Å². The molecule has 0 saturated heterocycles. The summed E-state index contributed by atoms with van der Waals surface area (Å²) in [4.78, 5) is 0. The topological polar surface area (TPSA) is 38.7 Å². The summed E-state index contributed by atoms with van der Waals surface area (Å²) >= 11 is 0. The predicted octanol–water partition coefficient (Wildman–Crippen LogP) is 8.31. The van der Waals surface area contributed by atoms with Crippen LogP contribution in [0.3, 0.4) is 0 Å².